The van der Waals surface area contributed by atoms with E-state index in [1.165, 1.54) is 11.1 Å². The van der Waals surface area contributed by atoms with Crippen LogP contribution in [0.15, 0.2) is 43.0 Å². The predicted molar refractivity (Wildman–Crippen MR) is 94.1 cm³/mol. The van der Waals surface area contributed by atoms with Crippen molar-refractivity contribution in [2.45, 2.75) is 58.2 Å². The summed E-state index contributed by atoms with van der Waals surface area (Å²) >= 11 is 0. The summed E-state index contributed by atoms with van der Waals surface area (Å²) in [4.78, 5) is 4.24. The van der Waals surface area contributed by atoms with Gasteiger partial charge in [-0.3, -0.25) is 4.98 Å². The van der Waals surface area contributed by atoms with Crippen LogP contribution in [0.25, 0.3) is 11.1 Å². The molecule has 0 fully saturated rings. The summed E-state index contributed by atoms with van der Waals surface area (Å²) in [5.41, 5.74) is 4.63. The molecule has 114 valence electrons. The Morgan fingerprint density at radius 3 is 2.00 bits per heavy atom. The molecule has 3 heteroatoms. The second kappa shape index (κ2) is 6.18. The summed E-state index contributed by atoms with van der Waals surface area (Å²) in [7, 11) is -1.62. The minimum absolute atomic E-state index is 0.714. The average molecular weight is 301 g/mol. The smallest absolute Gasteiger partial charge is 0.168 e. The van der Waals surface area contributed by atoms with Crippen LogP contribution in [0.4, 0.5) is 0 Å². The molecule has 0 aliphatic heterocycles. The molecule has 0 atom stereocenters. The second-order valence-corrected chi connectivity index (χ2v) is 12.7. The third-order valence-electron chi connectivity index (χ3n) is 4.91. The van der Waals surface area contributed by atoms with Crippen molar-refractivity contribution >= 4 is 8.24 Å². The van der Waals surface area contributed by atoms with E-state index in [2.05, 4.69) is 75.3 Å². The summed E-state index contributed by atoms with van der Waals surface area (Å²) in [6, 6.07) is 6.38. The fourth-order valence-electron chi connectivity index (χ4n) is 4.24. The highest BCUT2D eigenvalue weighted by Crippen LogP contribution is 2.43. The summed E-state index contributed by atoms with van der Waals surface area (Å²) in [6.07, 6.45) is 8.43. The van der Waals surface area contributed by atoms with Crippen molar-refractivity contribution in [1.29, 1.82) is 0 Å². The van der Waals surface area contributed by atoms with E-state index in [0.29, 0.717) is 16.6 Å². The van der Waals surface area contributed by atoms with E-state index < -0.39 is 8.24 Å². The molecule has 0 saturated carbocycles. The molecule has 0 amide bonds. The maximum Gasteiger partial charge on any atom is 0.168 e. The van der Waals surface area contributed by atoms with Crippen molar-refractivity contribution in [3.63, 3.8) is 0 Å². The Kier molecular flexibility index (Phi) is 4.72. The second-order valence-electron chi connectivity index (χ2n) is 6.90. The Labute approximate surface area is 130 Å². The van der Waals surface area contributed by atoms with Crippen molar-refractivity contribution in [3.8, 4) is 11.1 Å². The molecule has 0 aliphatic carbocycles. The fraction of sp³-hybridized carbons (Fsp3) is 0.500. The largest absolute Gasteiger partial charge is 0.379 e. The zero-order valence-corrected chi connectivity index (χ0v) is 15.2. The molecular weight excluding hydrogens is 272 g/mol. The zero-order valence-electron chi connectivity index (χ0n) is 14.2. The van der Waals surface area contributed by atoms with Crippen molar-refractivity contribution in [2.75, 3.05) is 0 Å². The highest BCUT2D eigenvalue weighted by Gasteiger charge is 2.44. The van der Waals surface area contributed by atoms with Gasteiger partial charge in [-0.05, 0) is 35.0 Å². The Hall–Kier alpha value is -1.35. The molecule has 2 heterocycles. The molecule has 0 N–H and O–H groups in total. The third-order valence-corrected chi connectivity index (χ3v) is 11.6. The number of pyridine rings is 1. The molecule has 0 bridgehead atoms. The zero-order chi connectivity index (χ0) is 15.6. The number of hydrogen-bond donors (Lipinski definition) is 0. The lowest BCUT2D eigenvalue weighted by Gasteiger charge is -2.44. The first kappa shape index (κ1) is 16.0. The van der Waals surface area contributed by atoms with Crippen molar-refractivity contribution in [3.05, 3.63) is 43.0 Å². The normalized spacial score (nSPS) is 12.6. The summed E-state index contributed by atoms with van der Waals surface area (Å²) in [6.45, 7) is 14.4. The number of rotatable bonds is 5. The van der Waals surface area contributed by atoms with Crippen molar-refractivity contribution in [1.82, 2.24) is 9.22 Å². The van der Waals surface area contributed by atoms with Gasteiger partial charge in [0.05, 0.1) is 0 Å². The lowest BCUT2D eigenvalue weighted by atomic mass is 10.2. The Morgan fingerprint density at radius 2 is 1.52 bits per heavy atom. The van der Waals surface area contributed by atoms with Gasteiger partial charge in [0, 0.05) is 29.7 Å². The average Bonchev–Trinajstić information content (AvgIpc) is 2.89. The molecular formula is C18H28N2Si. The van der Waals surface area contributed by atoms with Gasteiger partial charge in [-0.25, -0.2) is 0 Å². The molecule has 2 nitrogen and oxygen atoms in total. The van der Waals surface area contributed by atoms with Gasteiger partial charge in [-0.15, -0.1) is 0 Å². The quantitative estimate of drug-likeness (QED) is 0.660. The van der Waals surface area contributed by atoms with Crippen LogP contribution >= 0.6 is 0 Å². The monoisotopic (exact) mass is 300 g/mol. The van der Waals surface area contributed by atoms with E-state index in [0.717, 1.165) is 0 Å². The molecule has 2 rings (SSSR count). The molecule has 2 aromatic heterocycles. The topological polar surface area (TPSA) is 17.8 Å². The van der Waals surface area contributed by atoms with E-state index in [4.69, 9.17) is 0 Å². The summed E-state index contributed by atoms with van der Waals surface area (Å²) < 4.78 is 2.58. The first-order chi connectivity index (χ1) is 9.90. The maximum absolute atomic E-state index is 4.24. The highest BCUT2D eigenvalue weighted by molar-refractivity contribution is 6.82. The van der Waals surface area contributed by atoms with Crippen molar-refractivity contribution in [2.24, 2.45) is 0 Å². The van der Waals surface area contributed by atoms with Crippen molar-refractivity contribution < 1.29 is 0 Å². The van der Waals surface area contributed by atoms with Crippen LogP contribution < -0.4 is 0 Å². The molecule has 0 unspecified atom stereocenters. The first-order valence-corrected chi connectivity index (χ1v) is 10.2. The van der Waals surface area contributed by atoms with Crippen LogP contribution in [0.3, 0.4) is 0 Å². The highest BCUT2D eigenvalue weighted by atomic mass is 28.3. The van der Waals surface area contributed by atoms with Gasteiger partial charge < -0.3 is 4.23 Å². The van der Waals surface area contributed by atoms with Crippen LogP contribution in [0, 0.1) is 0 Å². The van der Waals surface area contributed by atoms with Gasteiger partial charge in [0.25, 0.3) is 0 Å². The van der Waals surface area contributed by atoms with Crippen LogP contribution in [0.5, 0.6) is 0 Å². The fourth-order valence-corrected chi connectivity index (χ4v) is 10.7. The number of aromatic nitrogens is 2. The first-order valence-electron chi connectivity index (χ1n) is 7.99. The summed E-state index contributed by atoms with van der Waals surface area (Å²) in [5.74, 6) is 0. The van der Waals surface area contributed by atoms with Crippen LogP contribution in [0.1, 0.15) is 41.5 Å². The molecule has 0 aliphatic rings. The SMILES string of the molecule is CC(C)[Si](C(C)C)(C(C)C)n1ccc(-c2cccnc2)c1. The minimum atomic E-state index is -1.62. The van der Waals surface area contributed by atoms with E-state index in [9.17, 15) is 0 Å². The molecule has 0 saturated heterocycles. The number of hydrogen-bond acceptors (Lipinski definition) is 1. The minimum Gasteiger partial charge on any atom is -0.379 e. The third kappa shape index (κ3) is 2.71. The van der Waals surface area contributed by atoms with Gasteiger partial charge in [0.1, 0.15) is 0 Å². The molecule has 0 spiro atoms. The molecule has 2 aromatic rings. The Balaban J connectivity index is 2.51. The lowest BCUT2D eigenvalue weighted by Crippen LogP contribution is -2.51. The van der Waals surface area contributed by atoms with Gasteiger partial charge in [-0.2, -0.15) is 0 Å². The van der Waals surface area contributed by atoms with E-state index >= 15 is 0 Å². The van der Waals surface area contributed by atoms with Gasteiger partial charge in [0.15, 0.2) is 8.24 Å². The number of nitrogens with zero attached hydrogens (tertiary/aromatic N) is 2. The van der Waals surface area contributed by atoms with Crippen LogP contribution in [0.2, 0.25) is 16.6 Å². The van der Waals surface area contributed by atoms with Crippen LogP contribution in [-0.4, -0.2) is 17.5 Å². The van der Waals surface area contributed by atoms with Gasteiger partial charge in [-0.1, -0.05) is 47.6 Å². The lowest BCUT2D eigenvalue weighted by molar-refractivity contribution is 0.766. The van der Waals surface area contributed by atoms with E-state index in [1.54, 1.807) is 0 Å². The Morgan fingerprint density at radius 1 is 0.905 bits per heavy atom. The maximum atomic E-state index is 4.24. The standard InChI is InChI=1S/C18H28N2Si/c1-14(2)21(15(3)4,16(5)6)20-11-9-18(13-20)17-8-7-10-19-12-17/h7-16H,1-6H3. The van der Waals surface area contributed by atoms with Gasteiger partial charge >= 0.3 is 0 Å². The summed E-state index contributed by atoms with van der Waals surface area (Å²) in [5, 5.41) is 0. The predicted octanol–water partition coefficient (Wildman–Crippen LogP) is 5.57. The molecule has 21 heavy (non-hydrogen) atoms. The van der Waals surface area contributed by atoms with Crippen LogP contribution in [-0.2, 0) is 0 Å². The molecule has 0 aromatic carbocycles. The van der Waals surface area contributed by atoms with E-state index in [-0.39, 0.29) is 0 Å². The molecule has 0 radical (unpaired) electrons. The van der Waals surface area contributed by atoms with Gasteiger partial charge in [0.2, 0.25) is 0 Å². The Bertz CT molecular complexity index is 548. The van der Waals surface area contributed by atoms with E-state index in [1.807, 2.05) is 18.5 Å².